The van der Waals surface area contributed by atoms with Crippen molar-refractivity contribution < 1.29 is 0 Å². The number of fused-ring (bicyclic) bond motifs is 1. The fourth-order valence-corrected chi connectivity index (χ4v) is 3.09. The van der Waals surface area contributed by atoms with Crippen LogP contribution in [-0.2, 0) is 19.9 Å². The van der Waals surface area contributed by atoms with Gasteiger partial charge in [-0.05, 0) is 43.4 Å². The van der Waals surface area contributed by atoms with Crippen molar-refractivity contribution >= 4 is 0 Å². The standard InChI is InChI=1S/C16H21N3/c1-12(16-9-10-17-19(16)2)18-15-8-7-13-5-3-4-6-14(13)11-15/h3-6,9-10,12,15,18H,7-8,11H2,1-2H3. The van der Waals surface area contributed by atoms with Crippen LogP contribution < -0.4 is 5.32 Å². The van der Waals surface area contributed by atoms with Crippen LogP contribution in [0, 0.1) is 0 Å². The van der Waals surface area contributed by atoms with Crippen molar-refractivity contribution in [1.29, 1.82) is 0 Å². The first-order chi connectivity index (χ1) is 9.24. The summed E-state index contributed by atoms with van der Waals surface area (Å²) in [5, 5.41) is 7.99. The second-order valence-electron chi connectivity index (χ2n) is 5.48. The Kier molecular flexibility index (Phi) is 3.38. The van der Waals surface area contributed by atoms with Gasteiger partial charge in [0.1, 0.15) is 0 Å². The second-order valence-corrected chi connectivity index (χ2v) is 5.48. The molecule has 1 N–H and O–H groups in total. The van der Waals surface area contributed by atoms with E-state index in [1.807, 2.05) is 17.9 Å². The lowest BCUT2D eigenvalue weighted by molar-refractivity contribution is 0.401. The number of hydrogen-bond donors (Lipinski definition) is 1. The molecule has 2 atom stereocenters. The molecule has 2 aromatic rings. The van der Waals surface area contributed by atoms with Crippen molar-refractivity contribution in [2.45, 2.75) is 38.3 Å². The molecule has 0 amide bonds. The minimum atomic E-state index is 0.350. The lowest BCUT2D eigenvalue weighted by atomic mass is 9.88. The van der Waals surface area contributed by atoms with Crippen LogP contribution in [0.25, 0.3) is 0 Å². The van der Waals surface area contributed by atoms with E-state index < -0.39 is 0 Å². The third-order valence-electron chi connectivity index (χ3n) is 4.14. The van der Waals surface area contributed by atoms with Crippen molar-refractivity contribution in [1.82, 2.24) is 15.1 Å². The van der Waals surface area contributed by atoms with E-state index in [9.17, 15) is 0 Å². The first-order valence-electron chi connectivity index (χ1n) is 7.05. The van der Waals surface area contributed by atoms with Crippen LogP contribution in [0.1, 0.15) is 36.2 Å². The summed E-state index contributed by atoms with van der Waals surface area (Å²) in [6.07, 6.45) is 5.41. The minimum absolute atomic E-state index is 0.350. The summed E-state index contributed by atoms with van der Waals surface area (Å²) in [5.41, 5.74) is 4.27. The van der Waals surface area contributed by atoms with Crippen molar-refractivity contribution in [3.8, 4) is 0 Å². The van der Waals surface area contributed by atoms with Gasteiger partial charge in [-0.1, -0.05) is 24.3 Å². The highest BCUT2D eigenvalue weighted by Gasteiger charge is 2.20. The van der Waals surface area contributed by atoms with E-state index in [4.69, 9.17) is 0 Å². The van der Waals surface area contributed by atoms with E-state index >= 15 is 0 Å². The zero-order chi connectivity index (χ0) is 13.2. The third-order valence-corrected chi connectivity index (χ3v) is 4.14. The van der Waals surface area contributed by atoms with Crippen LogP contribution in [0.2, 0.25) is 0 Å². The summed E-state index contributed by atoms with van der Waals surface area (Å²) in [6.45, 7) is 2.22. The Hall–Kier alpha value is -1.61. The number of nitrogens with one attached hydrogen (secondary N) is 1. The maximum atomic E-state index is 4.24. The fraction of sp³-hybridized carbons (Fsp3) is 0.438. The average Bonchev–Trinajstić information content (AvgIpc) is 2.85. The summed E-state index contributed by atoms with van der Waals surface area (Å²) in [6, 6.07) is 11.8. The summed E-state index contributed by atoms with van der Waals surface area (Å²) in [7, 11) is 2.00. The van der Waals surface area contributed by atoms with Gasteiger partial charge in [0.05, 0.1) is 5.69 Å². The lowest BCUT2D eigenvalue weighted by Gasteiger charge is -2.28. The Morgan fingerprint density at radius 3 is 2.79 bits per heavy atom. The SMILES string of the molecule is CC(NC1CCc2ccccc2C1)c1ccnn1C. The predicted molar refractivity (Wildman–Crippen MR) is 77.0 cm³/mol. The number of aromatic nitrogens is 2. The summed E-state index contributed by atoms with van der Waals surface area (Å²) < 4.78 is 1.95. The quantitative estimate of drug-likeness (QED) is 0.913. The van der Waals surface area contributed by atoms with Gasteiger partial charge >= 0.3 is 0 Å². The van der Waals surface area contributed by atoms with E-state index in [-0.39, 0.29) is 0 Å². The predicted octanol–water partition coefficient (Wildman–Crippen LogP) is 2.63. The van der Waals surface area contributed by atoms with Gasteiger partial charge in [0, 0.05) is 25.3 Å². The number of benzene rings is 1. The maximum Gasteiger partial charge on any atom is 0.0547 e. The van der Waals surface area contributed by atoms with E-state index in [0.29, 0.717) is 12.1 Å². The molecule has 3 heteroatoms. The molecule has 2 unspecified atom stereocenters. The van der Waals surface area contributed by atoms with Crippen molar-refractivity contribution in [3.63, 3.8) is 0 Å². The Bertz CT molecular complexity index is 559. The third kappa shape index (κ3) is 2.56. The van der Waals surface area contributed by atoms with Crippen LogP contribution in [0.3, 0.4) is 0 Å². The normalized spacial score (nSPS) is 20.0. The molecular weight excluding hydrogens is 234 g/mol. The Morgan fingerprint density at radius 2 is 2.05 bits per heavy atom. The van der Waals surface area contributed by atoms with Crippen LogP contribution in [-0.4, -0.2) is 15.8 Å². The van der Waals surface area contributed by atoms with Gasteiger partial charge in [-0.2, -0.15) is 5.10 Å². The van der Waals surface area contributed by atoms with Crippen molar-refractivity contribution in [2.24, 2.45) is 7.05 Å². The molecule has 0 fully saturated rings. The molecule has 0 saturated heterocycles. The molecule has 0 spiro atoms. The highest BCUT2D eigenvalue weighted by Crippen LogP contribution is 2.23. The second kappa shape index (κ2) is 5.17. The van der Waals surface area contributed by atoms with Crippen LogP contribution in [0.5, 0.6) is 0 Å². The molecule has 3 rings (SSSR count). The molecule has 1 heterocycles. The largest absolute Gasteiger partial charge is 0.306 e. The zero-order valence-corrected chi connectivity index (χ0v) is 11.6. The molecule has 100 valence electrons. The van der Waals surface area contributed by atoms with Gasteiger partial charge in [0.25, 0.3) is 0 Å². The van der Waals surface area contributed by atoms with E-state index in [2.05, 4.69) is 47.7 Å². The summed E-state index contributed by atoms with van der Waals surface area (Å²) in [4.78, 5) is 0. The minimum Gasteiger partial charge on any atom is -0.306 e. The fourth-order valence-electron chi connectivity index (χ4n) is 3.09. The summed E-state index contributed by atoms with van der Waals surface area (Å²) in [5.74, 6) is 0. The molecule has 3 nitrogen and oxygen atoms in total. The lowest BCUT2D eigenvalue weighted by Crippen LogP contribution is -2.36. The number of nitrogens with zero attached hydrogens (tertiary/aromatic N) is 2. The highest BCUT2D eigenvalue weighted by atomic mass is 15.3. The van der Waals surface area contributed by atoms with Crippen molar-refractivity contribution in [2.75, 3.05) is 0 Å². The smallest absolute Gasteiger partial charge is 0.0547 e. The number of aryl methyl sites for hydroxylation is 2. The molecule has 1 aromatic carbocycles. The highest BCUT2D eigenvalue weighted by molar-refractivity contribution is 5.30. The molecule has 19 heavy (non-hydrogen) atoms. The topological polar surface area (TPSA) is 29.9 Å². The number of hydrogen-bond acceptors (Lipinski definition) is 2. The molecule has 0 radical (unpaired) electrons. The van der Waals surface area contributed by atoms with Crippen LogP contribution in [0.4, 0.5) is 0 Å². The van der Waals surface area contributed by atoms with Crippen LogP contribution in [0.15, 0.2) is 36.5 Å². The van der Waals surface area contributed by atoms with Crippen LogP contribution >= 0.6 is 0 Å². The maximum absolute atomic E-state index is 4.24. The molecule has 1 aliphatic carbocycles. The molecule has 0 saturated carbocycles. The molecular formula is C16H21N3. The molecule has 1 aromatic heterocycles. The Labute approximate surface area is 114 Å². The molecule has 0 bridgehead atoms. The van der Waals surface area contributed by atoms with E-state index in [1.165, 1.54) is 29.7 Å². The van der Waals surface area contributed by atoms with E-state index in [1.54, 1.807) is 0 Å². The van der Waals surface area contributed by atoms with Gasteiger partial charge in [-0.3, -0.25) is 4.68 Å². The van der Waals surface area contributed by atoms with Gasteiger partial charge in [0.15, 0.2) is 0 Å². The Morgan fingerprint density at radius 1 is 1.26 bits per heavy atom. The zero-order valence-electron chi connectivity index (χ0n) is 11.6. The Balaban J connectivity index is 1.68. The van der Waals surface area contributed by atoms with Crippen molar-refractivity contribution in [3.05, 3.63) is 53.3 Å². The van der Waals surface area contributed by atoms with E-state index in [0.717, 1.165) is 6.42 Å². The van der Waals surface area contributed by atoms with Gasteiger partial charge in [-0.25, -0.2) is 0 Å². The summed E-state index contributed by atoms with van der Waals surface area (Å²) >= 11 is 0. The average molecular weight is 255 g/mol. The monoisotopic (exact) mass is 255 g/mol. The number of rotatable bonds is 3. The molecule has 0 aliphatic heterocycles. The van der Waals surface area contributed by atoms with Gasteiger partial charge < -0.3 is 5.32 Å². The first kappa shape index (κ1) is 12.4. The van der Waals surface area contributed by atoms with Gasteiger partial charge in [0.2, 0.25) is 0 Å². The first-order valence-corrected chi connectivity index (χ1v) is 7.05. The molecule has 1 aliphatic rings. The van der Waals surface area contributed by atoms with Gasteiger partial charge in [-0.15, -0.1) is 0 Å².